The first-order valence-corrected chi connectivity index (χ1v) is 4.70. The summed E-state index contributed by atoms with van der Waals surface area (Å²) >= 11 is 0. The summed E-state index contributed by atoms with van der Waals surface area (Å²) in [5, 5.41) is 0. The summed E-state index contributed by atoms with van der Waals surface area (Å²) in [6.45, 7) is 2.87. The van der Waals surface area contributed by atoms with Gasteiger partial charge in [-0.3, -0.25) is 9.59 Å². The zero-order valence-electron chi connectivity index (χ0n) is 7.95. The molecule has 1 aliphatic heterocycles. The van der Waals surface area contributed by atoms with Crippen molar-refractivity contribution in [3.63, 3.8) is 0 Å². The summed E-state index contributed by atoms with van der Waals surface area (Å²) in [6.07, 6.45) is 1.74. The van der Waals surface area contributed by atoms with Crippen molar-refractivity contribution in [3.05, 3.63) is 0 Å². The molecule has 0 radical (unpaired) electrons. The SMILES string of the molecule is CCC(CCN)N1CC(=O)CC1=O. The number of nitrogens with zero attached hydrogens (tertiary/aromatic N) is 1. The molecule has 0 aromatic heterocycles. The van der Waals surface area contributed by atoms with Crippen LogP contribution in [0.25, 0.3) is 0 Å². The summed E-state index contributed by atoms with van der Waals surface area (Å²) < 4.78 is 0. The number of amides is 1. The quantitative estimate of drug-likeness (QED) is 0.621. The van der Waals surface area contributed by atoms with E-state index in [1.807, 2.05) is 6.92 Å². The van der Waals surface area contributed by atoms with E-state index in [2.05, 4.69) is 0 Å². The molecule has 1 saturated heterocycles. The lowest BCUT2D eigenvalue weighted by atomic mass is 10.1. The molecule has 1 rings (SSSR count). The molecular formula is C9H16N2O2. The molecule has 4 nitrogen and oxygen atoms in total. The number of nitrogens with two attached hydrogens (primary N) is 1. The fourth-order valence-corrected chi connectivity index (χ4v) is 1.71. The number of hydrogen-bond acceptors (Lipinski definition) is 3. The summed E-state index contributed by atoms with van der Waals surface area (Å²) in [7, 11) is 0. The smallest absolute Gasteiger partial charge is 0.230 e. The maximum atomic E-state index is 11.3. The number of Topliss-reactive ketones (excluding diaryl/α,β-unsaturated/α-hetero) is 1. The van der Waals surface area contributed by atoms with E-state index in [1.165, 1.54) is 0 Å². The minimum Gasteiger partial charge on any atom is -0.332 e. The van der Waals surface area contributed by atoms with Gasteiger partial charge in [0.05, 0.1) is 13.0 Å². The van der Waals surface area contributed by atoms with Crippen LogP contribution in [-0.2, 0) is 9.59 Å². The van der Waals surface area contributed by atoms with Crippen LogP contribution in [0.3, 0.4) is 0 Å². The van der Waals surface area contributed by atoms with Gasteiger partial charge in [0.25, 0.3) is 0 Å². The van der Waals surface area contributed by atoms with Gasteiger partial charge in [-0.05, 0) is 19.4 Å². The van der Waals surface area contributed by atoms with Gasteiger partial charge in [0.15, 0.2) is 5.78 Å². The first-order chi connectivity index (χ1) is 6.19. The van der Waals surface area contributed by atoms with E-state index in [0.29, 0.717) is 6.54 Å². The first kappa shape index (κ1) is 10.2. The van der Waals surface area contributed by atoms with E-state index >= 15 is 0 Å². The van der Waals surface area contributed by atoms with Crippen LogP contribution in [0, 0.1) is 0 Å². The number of hydrogen-bond donors (Lipinski definition) is 1. The summed E-state index contributed by atoms with van der Waals surface area (Å²) in [5.41, 5.74) is 5.43. The fraction of sp³-hybridized carbons (Fsp3) is 0.778. The minimum absolute atomic E-state index is 0.0282. The number of carbonyl (C=O) groups is 2. The molecule has 0 spiro atoms. The van der Waals surface area contributed by atoms with Crippen molar-refractivity contribution < 1.29 is 9.59 Å². The van der Waals surface area contributed by atoms with Gasteiger partial charge in [0, 0.05) is 6.04 Å². The van der Waals surface area contributed by atoms with Gasteiger partial charge in [-0.2, -0.15) is 0 Å². The Bertz CT molecular complexity index is 216. The van der Waals surface area contributed by atoms with Crippen LogP contribution in [0.5, 0.6) is 0 Å². The van der Waals surface area contributed by atoms with Crippen LogP contribution in [0.15, 0.2) is 0 Å². The van der Waals surface area contributed by atoms with Crippen molar-refractivity contribution in [2.45, 2.75) is 32.2 Å². The van der Waals surface area contributed by atoms with Gasteiger partial charge in [-0.1, -0.05) is 6.92 Å². The lowest BCUT2D eigenvalue weighted by Gasteiger charge is -2.25. The largest absolute Gasteiger partial charge is 0.332 e. The second-order valence-corrected chi connectivity index (χ2v) is 3.38. The predicted octanol–water partition coefficient (Wildman–Crippen LogP) is -0.0848. The standard InChI is InChI=1S/C9H16N2O2/c1-2-7(3-4-10)11-6-8(12)5-9(11)13/h7H,2-6,10H2,1H3. The van der Waals surface area contributed by atoms with Gasteiger partial charge in [0.2, 0.25) is 5.91 Å². The van der Waals surface area contributed by atoms with Gasteiger partial charge < -0.3 is 10.6 Å². The molecule has 0 bridgehead atoms. The van der Waals surface area contributed by atoms with Crippen LogP contribution in [0.1, 0.15) is 26.2 Å². The second-order valence-electron chi connectivity index (χ2n) is 3.38. The van der Waals surface area contributed by atoms with Crippen LogP contribution in [-0.4, -0.2) is 35.7 Å². The summed E-state index contributed by atoms with van der Waals surface area (Å²) in [4.78, 5) is 24.0. The van der Waals surface area contributed by atoms with E-state index < -0.39 is 0 Å². The molecule has 0 aliphatic carbocycles. The third-order valence-electron chi connectivity index (χ3n) is 2.43. The average Bonchev–Trinajstić information content (AvgIpc) is 2.41. The Labute approximate surface area is 78.1 Å². The van der Waals surface area contributed by atoms with E-state index in [-0.39, 0.29) is 30.7 Å². The molecule has 1 fully saturated rings. The van der Waals surface area contributed by atoms with Crippen molar-refractivity contribution in [3.8, 4) is 0 Å². The highest BCUT2D eigenvalue weighted by Gasteiger charge is 2.31. The number of carbonyl (C=O) groups excluding carboxylic acids is 2. The molecule has 1 heterocycles. The van der Waals surface area contributed by atoms with Crippen molar-refractivity contribution in [1.29, 1.82) is 0 Å². The number of ketones is 1. The predicted molar refractivity (Wildman–Crippen MR) is 49.1 cm³/mol. The highest BCUT2D eigenvalue weighted by atomic mass is 16.2. The minimum atomic E-state index is -0.0368. The van der Waals surface area contributed by atoms with E-state index in [0.717, 1.165) is 12.8 Å². The Morgan fingerprint density at radius 2 is 2.23 bits per heavy atom. The second kappa shape index (κ2) is 4.37. The Hall–Kier alpha value is -0.900. The molecule has 0 aromatic carbocycles. The normalized spacial score (nSPS) is 19.7. The molecule has 1 aliphatic rings. The summed E-state index contributed by atoms with van der Waals surface area (Å²) in [6, 6.07) is 0.156. The summed E-state index contributed by atoms with van der Waals surface area (Å²) in [5.74, 6) is -0.00854. The fourth-order valence-electron chi connectivity index (χ4n) is 1.71. The Kier molecular flexibility index (Phi) is 3.42. The molecular weight excluding hydrogens is 168 g/mol. The Morgan fingerprint density at radius 1 is 1.54 bits per heavy atom. The Balaban J connectivity index is 2.58. The molecule has 13 heavy (non-hydrogen) atoms. The lowest BCUT2D eigenvalue weighted by molar-refractivity contribution is -0.129. The number of likely N-dealkylation sites (tertiary alicyclic amines) is 1. The topological polar surface area (TPSA) is 63.4 Å². The van der Waals surface area contributed by atoms with Crippen molar-refractivity contribution >= 4 is 11.7 Å². The molecule has 2 N–H and O–H groups in total. The van der Waals surface area contributed by atoms with Crippen LogP contribution < -0.4 is 5.73 Å². The van der Waals surface area contributed by atoms with Crippen LogP contribution >= 0.6 is 0 Å². The van der Waals surface area contributed by atoms with E-state index in [4.69, 9.17) is 5.73 Å². The van der Waals surface area contributed by atoms with Gasteiger partial charge in [0.1, 0.15) is 0 Å². The average molecular weight is 184 g/mol. The molecule has 0 saturated carbocycles. The molecule has 4 heteroatoms. The van der Waals surface area contributed by atoms with Crippen molar-refractivity contribution in [2.24, 2.45) is 5.73 Å². The molecule has 0 aromatic rings. The Morgan fingerprint density at radius 3 is 2.62 bits per heavy atom. The van der Waals surface area contributed by atoms with Crippen molar-refractivity contribution in [1.82, 2.24) is 4.90 Å². The maximum Gasteiger partial charge on any atom is 0.230 e. The van der Waals surface area contributed by atoms with Crippen LogP contribution in [0.2, 0.25) is 0 Å². The van der Waals surface area contributed by atoms with Gasteiger partial charge >= 0.3 is 0 Å². The van der Waals surface area contributed by atoms with E-state index in [9.17, 15) is 9.59 Å². The molecule has 74 valence electrons. The van der Waals surface area contributed by atoms with Crippen molar-refractivity contribution in [2.75, 3.05) is 13.1 Å². The molecule has 1 unspecified atom stereocenters. The molecule has 1 atom stereocenters. The molecule has 1 amide bonds. The third kappa shape index (κ3) is 2.28. The highest BCUT2D eigenvalue weighted by molar-refractivity contribution is 6.05. The zero-order valence-corrected chi connectivity index (χ0v) is 7.95. The monoisotopic (exact) mass is 184 g/mol. The van der Waals surface area contributed by atoms with Crippen LogP contribution in [0.4, 0.5) is 0 Å². The third-order valence-corrected chi connectivity index (χ3v) is 2.43. The van der Waals surface area contributed by atoms with Gasteiger partial charge in [-0.15, -0.1) is 0 Å². The van der Waals surface area contributed by atoms with E-state index in [1.54, 1.807) is 4.90 Å². The first-order valence-electron chi connectivity index (χ1n) is 4.70. The zero-order chi connectivity index (χ0) is 9.84. The maximum absolute atomic E-state index is 11.3. The van der Waals surface area contributed by atoms with Gasteiger partial charge in [-0.25, -0.2) is 0 Å². The highest BCUT2D eigenvalue weighted by Crippen LogP contribution is 2.15. The lowest BCUT2D eigenvalue weighted by Crippen LogP contribution is -2.37. The number of rotatable bonds is 4.